The first-order valence-electron chi connectivity index (χ1n) is 6.38. The molecule has 1 amide bonds. The number of anilines is 1. The van der Waals surface area contributed by atoms with Crippen molar-refractivity contribution in [2.45, 2.75) is 19.9 Å². The summed E-state index contributed by atoms with van der Waals surface area (Å²) in [6, 6.07) is 0. The number of carbonyl (C=O) groups excluding carboxylic acids is 1. The van der Waals surface area contributed by atoms with Gasteiger partial charge in [-0.25, -0.2) is 30.7 Å². The number of amides is 1. The molecule has 0 aliphatic carbocycles. The number of nitrogens with one attached hydrogen (secondary N) is 1. The highest BCUT2D eigenvalue weighted by Crippen LogP contribution is 2.30. The molecule has 0 saturated heterocycles. The summed E-state index contributed by atoms with van der Waals surface area (Å²) in [5.74, 6) is -12.5. The molecule has 0 aliphatic rings. The normalized spacial score (nSPS) is 11.3. The van der Waals surface area contributed by atoms with E-state index in [1.54, 1.807) is 0 Å². The molecule has 12 heteroatoms. The van der Waals surface area contributed by atoms with Crippen molar-refractivity contribution in [3.05, 3.63) is 44.9 Å². The van der Waals surface area contributed by atoms with Gasteiger partial charge in [-0.2, -0.15) is 5.10 Å². The summed E-state index contributed by atoms with van der Waals surface area (Å²) in [5.41, 5.74) is -2.11. The fourth-order valence-electron chi connectivity index (χ4n) is 1.87. The van der Waals surface area contributed by atoms with E-state index in [1.165, 1.54) is 12.2 Å². The van der Waals surface area contributed by atoms with E-state index in [0.717, 1.165) is 4.68 Å². The third kappa shape index (κ3) is 3.48. The third-order valence-corrected chi connectivity index (χ3v) is 4.11. The summed E-state index contributed by atoms with van der Waals surface area (Å²) in [6.45, 7) is 0.533. The highest BCUT2D eigenvalue weighted by atomic mass is 79.9. The summed E-state index contributed by atoms with van der Waals surface area (Å²) in [7, 11) is 0. The molecular formula is C13H7BrF7N3O. The minimum Gasteiger partial charge on any atom is -0.319 e. The molecule has 2 rings (SSSR count). The molecule has 4 nitrogen and oxygen atoms in total. The Morgan fingerprint density at radius 1 is 1.08 bits per heavy atom. The lowest BCUT2D eigenvalue weighted by molar-refractivity contribution is -0.117. The monoisotopic (exact) mass is 433 g/mol. The Morgan fingerprint density at radius 2 is 1.56 bits per heavy atom. The van der Waals surface area contributed by atoms with Crippen molar-refractivity contribution in [2.75, 3.05) is 5.32 Å². The van der Waals surface area contributed by atoms with Crippen LogP contribution in [0, 0.1) is 36.0 Å². The number of rotatable bonds is 4. The summed E-state index contributed by atoms with van der Waals surface area (Å²) < 4.78 is 92.2. The van der Waals surface area contributed by atoms with E-state index >= 15 is 0 Å². The zero-order valence-corrected chi connectivity index (χ0v) is 13.7. The van der Waals surface area contributed by atoms with Crippen LogP contribution in [-0.2, 0) is 11.3 Å². The number of carbonyl (C=O) groups is 1. The molecule has 0 aliphatic heterocycles. The van der Waals surface area contributed by atoms with Crippen molar-refractivity contribution >= 4 is 27.5 Å². The van der Waals surface area contributed by atoms with Gasteiger partial charge in [0.2, 0.25) is 11.7 Å². The van der Waals surface area contributed by atoms with Gasteiger partial charge in [0.05, 0.1) is 10.2 Å². The van der Waals surface area contributed by atoms with Gasteiger partial charge in [0, 0.05) is 0 Å². The van der Waals surface area contributed by atoms with Crippen LogP contribution >= 0.6 is 15.9 Å². The second-order valence-electron chi connectivity index (χ2n) is 4.74. The van der Waals surface area contributed by atoms with Gasteiger partial charge < -0.3 is 5.32 Å². The van der Waals surface area contributed by atoms with Crippen molar-refractivity contribution in [2.24, 2.45) is 0 Å². The number of benzene rings is 1. The lowest BCUT2D eigenvalue weighted by Crippen LogP contribution is -2.22. The minimum atomic E-state index is -2.95. The molecule has 0 fully saturated rings. The molecule has 0 saturated carbocycles. The van der Waals surface area contributed by atoms with Crippen LogP contribution in [0.15, 0.2) is 4.47 Å². The highest BCUT2D eigenvalue weighted by Gasteiger charge is 2.27. The van der Waals surface area contributed by atoms with Crippen molar-refractivity contribution < 1.29 is 35.5 Å². The molecule has 0 radical (unpaired) electrons. The maximum Gasteiger partial charge on any atom is 0.283 e. The molecule has 25 heavy (non-hydrogen) atoms. The Balaban J connectivity index is 2.30. The van der Waals surface area contributed by atoms with E-state index in [2.05, 4.69) is 21.0 Å². The number of hydrogen-bond donors (Lipinski definition) is 1. The molecule has 0 unspecified atom stereocenters. The molecule has 136 valence electrons. The first-order valence-corrected chi connectivity index (χ1v) is 7.17. The second kappa shape index (κ2) is 7.02. The summed E-state index contributed by atoms with van der Waals surface area (Å²) in [4.78, 5) is 11.8. The SMILES string of the molecule is Cc1c(Br)c(C(F)F)nn1CC(=O)Nc1c(F)c(F)c(F)c(F)c1F. The van der Waals surface area contributed by atoms with Gasteiger partial charge in [0.15, 0.2) is 23.3 Å². The molecule has 0 bridgehead atoms. The highest BCUT2D eigenvalue weighted by molar-refractivity contribution is 9.10. The predicted molar refractivity (Wildman–Crippen MR) is 74.5 cm³/mol. The van der Waals surface area contributed by atoms with Crippen molar-refractivity contribution in [1.82, 2.24) is 9.78 Å². The fourth-order valence-corrected chi connectivity index (χ4v) is 2.33. The van der Waals surface area contributed by atoms with Crippen LogP contribution in [0.2, 0.25) is 0 Å². The van der Waals surface area contributed by atoms with Crippen molar-refractivity contribution in [1.29, 1.82) is 0 Å². The second-order valence-corrected chi connectivity index (χ2v) is 5.53. The molecule has 0 atom stereocenters. The molecular weight excluding hydrogens is 427 g/mol. The number of hydrogen-bond acceptors (Lipinski definition) is 2. The molecule has 2 aromatic rings. The first kappa shape index (κ1) is 19.2. The first-order chi connectivity index (χ1) is 11.6. The number of aromatic nitrogens is 2. The average Bonchev–Trinajstić information content (AvgIpc) is 2.83. The van der Waals surface area contributed by atoms with E-state index in [9.17, 15) is 35.5 Å². The Bertz CT molecular complexity index is 824. The Kier molecular flexibility index (Phi) is 5.40. The number of alkyl halides is 2. The van der Waals surface area contributed by atoms with Gasteiger partial charge >= 0.3 is 0 Å². The standard InChI is InChI=1S/C13H7BrF7N3O/c1-3-5(14)11(13(20)21)23-24(3)2-4(25)22-12-9(18)7(16)6(15)8(17)10(12)19/h13H,2H2,1H3,(H,22,25). The molecule has 1 N–H and O–H groups in total. The van der Waals surface area contributed by atoms with Crippen LogP contribution in [0.1, 0.15) is 17.8 Å². The smallest absolute Gasteiger partial charge is 0.283 e. The fraction of sp³-hybridized carbons (Fsp3) is 0.231. The van der Waals surface area contributed by atoms with Crippen molar-refractivity contribution in [3.8, 4) is 0 Å². The Hall–Kier alpha value is -2.11. The Morgan fingerprint density at radius 3 is 2.00 bits per heavy atom. The predicted octanol–water partition coefficient (Wildman–Crippen LogP) is 4.23. The average molecular weight is 434 g/mol. The van der Waals surface area contributed by atoms with Gasteiger partial charge in [-0.15, -0.1) is 0 Å². The zero-order valence-electron chi connectivity index (χ0n) is 12.1. The topological polar surface area (TPSA) is 46.9 Å². The van der Waals surface area contributed by atoms with E-state index in [-0.39, 0.29) is 10.2 Å². The maximum atomic E-state index is 13.5. The van der Waals surface area contributed by atoms with Gasteiger partial charge in [0.25, 0.3) is 6.43 Å². The van der Waals surface area contributed by atoms with Crippen LogP contribution in [0.3, 0.4) is 0 Å². The lowest BCUT2D eigenvalue weighted by atomic mass is 10.2. The molecule has 1 aromatic heterocycles. The number of halogens is 8. The third-order valence-electron chi connectivity index (χ3n) is 3.13. The van der Waals surface area contributed by atoms with E-state index in [4.69, 9.17) is 0 Å². The summed E-state index contributed by atoms with van der Waals surface area (Å²) >= 11 is 2.85. The molecule has 1 heterocycles. The molecule has 1 aromatic carbocycles. The van der Waals surface area contributed by atoms with Gasteiger partial charge in [-0.05, 0) is 22.9 Å². The number of nitrogens with zero attached hydrogens (tertiary/aromatic N) is 2. The van der Waals surface area contributed by atoms with Crippen LogP contribution < -0.4 is 5.32 Å². The van der Waals surface area contributed by atoms with Gasteiger partial charge in [-0.3, -0.25) is 9.48 Å². The Labute approximate surface area is 143 Å². The summed E-state index contributed by atoms with van der Waals surface area (Å²) in [5, 5.41) is 4.97. The summed E-state index contributed by atoms with van der Waals surface area (Å²) in [6.07, 6.45) is -2.95. The zero-order chi connectivity index (χ0) is 19.0. The molecule has 0 spiro atoms. The van der Waals surface area contributed by atoms with Gasteiger partial charge in [0.1, 0.15) is 17.9 Å². The van der Waals surface area contributed by atoms with E-state index in [0.29, 0.717) is 0 Å². The minimum absolute atomic E-state index is 0.0773. The van der Waals surface area contributed by atoms with Gasteiger partial charge in [-0.1, -0.05) is 0 Å². The van der Waals surface area contributed by atoms with Crippen molar-refractivity contribution in [3.63, 3.8) is 0 Å². The lowest BCUT2D eigenvalue weighted by Gasteiger charge is -2.10. The van der Waals surface area contributed by atoms with Crippen LogP contribution in [0.4, 0.5) is 36.4 Å². The van der Waals surface area contributed by atoms with Crippen LogP contribution in [-0.4, -0.2) is 15.7 Å². The van der Waals surface area contributed by atoms with E-state index in [1.807, 2.05) is 0 Å². The van der Waals surface area contributed by atoms with Crippen LogP contribution in [0.5, 0.6) is 0 Å². The largest absolute Gasteiger partial charge is 0.319 e. The van der Waals surface area contributed by atoms with E-state index < -0.39 is 59.3 Å². The maximum absolute atomic E-state index is 13.5. The van der Waals surface area contributed by atoms with Crippen LogP contribution in [0.25, 0.3) is 0 Å². The quantitative estimate of drug-likeness (QED) is 0.445.